The number of hydrogen-bond donors (Lipinski definition) is 0. The predicted octanol–water partition coefficient (Wildman–Crippen LogP) is 5.10. The smallest absolute Gasteiger partial charge is 0.247 e. The first-order valence-electron chi connectivity index (χ1n) is 7.72. The van der Waals surface area contributed by atoms with Crippen molar-refractivity contribution in [1.29, 1.82) is 5.26 Å². The lowest BCUT2D eigenvalue weighted by Crippen LogP contribution is -2.29. The molecule has 0 saturated heterocycles. The first kappa shape index (κ1) is 17.3. The van der Waals surface area contributed by atoms with Crippen LogP contribution in [-0.4, -0.2) is 17.4 Å². The number of benzene rings is 1. The molecule has 3 aromatic rings. The Morgan fingerprint density at radius 2 is 2.16 bits per heavy atom. The second-order valence-electron chi connectivity index (χ2n) is 5.36. The van der Waals surface area contributed by atoms with Gasteiger partial charge in [-0.1, -0.05) is 29.8 Å². The molecule has 0 aliphatic carbocycles. The summed E-state index contributed by atoms with van der Waals surface area (Å²) in [4.78, 5) is 14.9. The molecule has 0 N–H and O–H groups in total. The van der Waals surface area contributed by atoms with Gasteiger partial charge in [-0.3, -0.25) is 4.79 Å². The summed E-state index contributed by atoms with van der Waals surface area (Å²) in [6, 6.07) is 13.5. The maximum Gasteiger partial charge on any atom is 0.247 e. The molecule has 0 bridgehead atoms. The Labute approximate surface area is 154 Å². The van der Waals surface area contributed by atoms with Crippen LogP contribution in [0.4, 0.5) is 0 Å². The molecule has 126 valence electrons. The van der Waals surface area contributed by atoms with Gasteiger partial charge in [0.25, 0.3) is 0 Å². The molecule has 0 aliphatic heterocycles. The Balaban J connectivity index is 1.78. The Bertz CT molecular complexity index is 938. The summed E-state index contributed by atoms with van der Waals surface area (Å²) in [6.07, 6.45) is 5.06. The fourth-order valence-electron chi connectivity index (χ4n) is 2.44. The van der Waals surface area contributed by atoms with Crippen LogP contribution in [0.2, 0.25) is 5.02 Å². The third kappa shape index (κ3) is 4.11. The zero-order valence-corrected chi connectivity index (χ0v) is 14.9. The van der Waals surface area contributed by atoms with Crippen molar-refractivity contribution >= 4 is 45.0 Å². The van der Waals surface area contributed by atoms with E-state index < -0.39 is 0 Å². The number of halogens is 1. The molecule has 0 radical (unpaired) electrons. The molecule has 0 aliphatic rings. The van der Waals surface area contributed by atoms with Gasteiger partial charge in [-0.15, -0.1) is 11.3 Å². The van der Waals surface area contributed by atoms with Crippen molar-refractivity contribution in [2.24, 2.45) is 0 Å². The van der Waals surface area contributed by atoms with Crippen molar-refractivity contribution < 1.29 is 9.21 Å². The van der Waals surface area contributed by atoms with Gasteiger partial charge in [-0.25, -0.2) is 0 Å². The summed E-state index contributed by atoms with van der Waals surface area (Å²) in [6.45, 7) is 0.679. The highest BCUT2D eigenvalue weighted by Gasteiger charge is 2.13. The number of hydrogen-bond acceptors (Lipinski definition) is 4. The average Bonchev–Trinajstić information content (AvgIpc) is 3.25. The minimum absolute atomic E-state index is 0.180. The highest BCUT2D eigenvalue weighted by Crippen LogP contribution is 2.35. The summed E-state index contributed by atoms with van der Waals surface area (Å²) in [7, 11) is 0. The number of nitriles is 1. The van der Waals surface area contributed by atoms with Crippen molar-refractivity contribution in [1.82, 2.24) is 4.90 Å². The molecule has 4 nitrogen and oxygen atoms in total. The Morgan fingerprint density at radius 3 is 2.88 bits per heavy atom. The molecule has 0 saturated carbocycles. The van der Waals surface area contributed by atoms with Crippen molar-refractivity contribution in [3.63, 3.8) is 0 Å². The van der Waals surface area contributed by atoms with Crippen molar-refractivity contribution in [3.8, 4) is 6.07 Å². The van der Waals surface area contributed by atoms with Gasteiger partial charge in [0.2, 0.25) is 5.91 Å². The highest BCUT2D eigenvalue weighted by molar-refractivity contribution is 7.20. The summed E-state index contributed by atoms with van der Waals surface area (Å²) in [5, 5.41) is 10.4. The van der Waals surface area contributed by atoms with E-state index in [4.69, 9.17) is 21.3 Å². The van der Waals surface area contributed by atoms with Gasteiger partial charge < -0.3 is 9.32 Å². The molecule has 1 amide bonds. The van der Waals surface area contributed by atoms with Gasteiger partial charge in [-0.05, 0) is 24.3 Å². The van der Waals surface area contributed by atoms with Crippen LogP contribution in [0.5, 0.6) is 0 Å². The number of carbonyl (C=O) groups excluding carboxylic acids is 1. The topological polar surface area (TPSA) is 57.2 Å². The zero-order valence-electron chi connectivity index (χ0n) is 13.3. The van der Waals surface area contributed by atoms with Crippen LogP contribution in [0, 0.1) is 11.3 Å². The van der Waals surface area contributed by atoms with Crippen molar-refractivity contribution in [3.05, 3.63) is 64.4 Å². The van der Waals surface area contributed by atoms with Crippen LogP contribution >= 0.6 is 22.9 Å². The number of carbonyl (C=O) groups is 1. The van der Waals surface area contributed by atoms with E-state index in [1.54, 1.807) is 40.7 Å². The average molecular weight is 371 g/mol. The quantitative estimate of drug-likeness (QED) is 0.567. The lowest BCUT2D eigenvalue weighted by atomic mass is 10.2. The van der Waals surface area contributed by atoms with Gasteiger partial charge in [0.15, 0.2) is 0 Å². The number of amides is 1. The van der Waals surface area contributed by atoms with Crippen LogP contribution in [-0.2, 0) is 11.3 Å². The molecular weight excluding hydrogens is 356 g/mol. The normalized spacial score (nSPS) is 11.0. The summed E-state index contributed by atoms with van der Waals surface area (Å²) in [5.74, 6) is 0.500. The summed E-state index contributed by atoms with van der Waals surface area (Å²) < 4.78 is 6.38. The predicted molar refractivity (Wildman–Crippen MR) is 100 cm³/mol. The van der Waals surface area contributed by atoms with E-state index in [0.29, 0.717) is 23.9 Å². The number of thiophene rings is 1. The molecular formula is C19H15ClN2O2S. The lowest BCUT2D eigenvalue weighted by molar-refractivity contribution is -0.126. The van der Waals surface area contributed by atoms with Crippen LogP contribution in [0.1, 0.15) is 17.1 Å². The molecule has 2 aromatic heterocycles. The maximum atomic E-state index is 12.5. The lowest BCUT2D eigenvalue weighted by Gasteiger charge is -2.18. The van der Waals surface area contributed by atoms with E-state index in [-0.39, 0.29) is 12.3 Å². The molecule has 3 rings (SSSR count). The van der Waals surface area contributed by atoms with Gasteiger partial charge in [0.1, 0.15) is 5.76 Å². The summed E-state index contributed by atoms with van der Waals surface area (Å²) in [5.41, 5.74) is 0. The maximum absolute atomic E-state index is 12.5. The minimum Gasteiger partial charge on any atom is -0.467 e. The van der Waals surface area contributed by atoms with Crippen molar-refractivity contribution in [2.75, 3.05) is 6.54 Å². The molecule has 1 aromatic carbocycles. The monoisotopic (exact) mass is 370 g/mol. The number of fused-ring (bicyclic) bond motifs is 1. The molecule has 6 heteroatoms. The van der Waals surface area contributed by atoms with E-state index in [1.807, 2.05) is 24.3 Å². The number of furan rings is 1. The van der Waals surface area contributed by atoms with Gasteiger partial charge in [-0.2, -0.15) is 5.26 Å². The van der Waals surface area contributed by atoms with Crippen LogP contribution in [0.15, 0.2) is 53.2 Å². The van der Waals surface area contributed by atoms with Crippen LogP contribution < -0.4 is 0 Å². The van der Waals surface area contributed by atoms with Gasteiger partial charge in [0, 0.05) is 27.6 Å². The SMILES string of the molecule is N#CCCN(Cc1ccco1)C(=O)/C=C/c1sc2ccccc2c1Cl. The molecule has 2 heterocycles. The molecule has 0 unspecified atom stereocenters. The fraction of sp³-hybridized carbons (Fsp3) is 0.158. The Hall–Kier alpha value is -2.55. The molecule has 25 heavy (non-hydrogen) atoms. The second-order valence-corrected chi connectivity index (χ2v) is 6.82. The van der Waals surface area contributed by atoms with Gasteiger partial charge in [0.05, 0.1) is 30.3 Å². The third-order valence-corrected chi connectivity index (χ3v) is 5.32. The first-order valence-corrected chi connectivity index (χ1v) is 8.92. The zero-order chi connectivity index (χ0) is 17.6. The third-order valence-electron chi connectivity index (χ3n) is 3.67. The summed E-state index contributed by atoms with van der Waals surface area (Å²) >= 11 is 7.94. The van der Waals surface area contributed by atoms with E-state index in [2.05, 4.69) is 6.07 Å². The minimum atomic E-state index is -0.180. The molecule has 0 spiro atoms. The van der Waals surface area contributed by atoms with E-state index >= 15 is 0 Å². The molecule has 0 fully saturated rings. The number of nitrogens with zero attached hydrogens (tertiary/aromatic N) is 2. The van der Waals surface area contributed by atoms with Crippen molar-refractivity contribution in [2.45, 2.75) is 13.0 Å². The van der Waals surface area contributed by atoms with Crippen LogP contribution in [0.3, 0.4) is 0 Å². The largest absolute Gasteiger partial charge is 0.467 e. The van der Waals surface area contributed by atoms with E-state index in [0.717, 1.165) is 15.0 Å². The van der Waals surface area contributed by atoms with Gasteiger partial charge >= 0.3 is 0 Å². The van der Waals surface area contributed by atoms with Crippen LogP contribution in [0.25, 0.3) is 16.2 Å². The molecule has 0 atom stereocenters. The second kappa shape index (κ2) is 8.02. The standard InChI is InChI=1S/C19H15ClN2O2S/c20-19-15-6-1-2-7-16(15)25-17(19)8-9-18(23)22(11-4-10-21)13-14-5-3-12-24-14/h1-3,5-9,12H,4,11,13H2/b9-8+. The Kier molecular flexibility index (Phi) is 5.54. The Morgan fingerprint density at radius 1 is 1.32 bits per heavy atom. The van der Waals surface area contributed by atoms with E-state index in [9.17, 15) is 4.79 Å². The number of rotatable bonds is 6. The van der Waals surface area contributed by atoms with E-state index in [1.165, 1.54) is 6.08 Å². The highest BCUT2D eigenvalue weighted by atomic mass is 35.5. The first-order chi connectivity index (χ1) is 12.2. The fourth-order valence-corrected chi connectivity index (χ4v) is 3.83.